The number of aliphatic hydroxyl groups is 1. The van der Waals surface area contributed by atoms with E-state index in [1.54, 1.807) is 6.92 Å². The number of benzene rings is 1. The average molecular weight is 305 g/mol. The number of hydrogen-bond donors (Lipinski definition) is 3. The third-order valence-corrected chi connectivity index (χ3v) is 2.99. The maximum absolute atomic E-state index is 12.7. The molecular formula is C13H18F3N3O2. The molecule has 0 saturated heterocycles. The Balaban J connectivity index is 3.16. The molecule has 5 nitrogen and oxygen atoms in total. The molecule has 21 heavy (non-hydrogen) atoms. The van der Waals surface area contributed by atoms with Crippen molar-refractivity contribution in [3.8, 4) is 0 Å². The number of carbonyl (C=O) groups excluding carboxylic acids is 1. The molecule has 0 saturated carbocycles. The number of halogens is 3. The van der Waals surface area contributed by atoms with E-state index in [-0.39, 0.29) is 24.4 Å². The van der Waals surface area contributed by atoms with Crippen LogP contribution in [0.25, 0.3) is 0 Å². The van der Waals surface area contributed by atoms with E-state index >= 15 is 0 Å². The molecule has 1 amide bonds. The molecule has 0 aromatic heterocycles. The van der Waals surface area contributed by atoms with E-state index in [2.05, 4.69) is 5.43 Å². The van der Waals surface area contributed by atoms with Crippen LogP contribution in [-0.2, 0) is 6.18 Å². The summed E-state index contributed by atoms with van der Waals surface area (Å²) < 4.78 is 38.2. The van der Waals surface area contributed by atoms with Crippen LogP contribution in [0, 0.1) is 0 Å². The SMILES string of the molecule is CCN(CCCO)C(=O)c1cc(C(F)(F)F)ccc1NN. The summed E-state index contributed by atoms with van der Waals surface area (Å²) in [5.41, 5.74) is 1.29. The van der Waals surface area contributed by atoms with E-state index in [9.17, 15) is 18.0 Å². The third-order valence-electron chi connectivity index (χ3n) is 2.99. The van der Waals surface area contributed by atoms with Crippen molar-refractivity contribution < 1.29 is 23.1 Å². The Hall–Kier alpha value is -1.80. The zero-order chi connectivity index (χ0) is 16.0. The summed E-state index contributed by atoms with van der Waals surface area (Å²) in [6.45, 7) is 2.18. The number of aliphatic hydroxyl groups excluding tert-OH is 1. The zero-order valence-electron chi connectivity index (χ0n) is 11.6. The molecule has 0 aliphatic rings. The maximum atomic E-state index is 12.7. The number of carbonyl (C=O) groups is 1. The molecule has 4 N–H and O–H groups in total. The number of alkyl halides is 3. The van der Waals surface area contributed by atoms with Crippen molar-refractivity contribution in [1.29, 1.82) is 0 Å². The van der Waals surface area contributed by atoms with Crippen LogP contribution in [0.15, 0.2) is 18.2 Å². The van der Waals surface area contributed by atoms with Crippen molar-refractivity contribution in [3.63, 3.8) is 0 Å². The van der Waals surface area contributed by atoms with E-state index in [1.807, 2.05) is 0 Å². The highest BCUT2D eigenvalue weighted by atomic mass is 19.4. The van der Waals surface area contributed by atoms with Crippen LogP contribution in [-0.4, -0.2) is 35.6 Å². The number of amides is 1. The third kappa shape index (κ3) is 4.33. The van der Waals surface area contributed by atoms with Gasteiger partial charge in [0.15, 0.2) is 0 Å². The molecule has 0 bridgehead atoms. The van der Waals surface area contributed by atoms with Gasteiger partial charge in [-0.25, -0.2) is 0 Å². The van der Waals surface area contributed by atoms with Crippen molar-refractivity contribution in [2.45, 2.75) is 19.5 Å². The van der Waals surface area contributed by atoms with E-state index in [4.69, 9.17) is 10.9 Å². The Bertz CT molecular complexity index is 492. The summed E-state index contributed by atoms with van der Waals surface area (Å²) in [5.74, 6) is 4.68. The van der Waals surface area contributed by atoms with Crippen molar-refractivity contribution in [1.82, 2.24) is 4.90 Å². The summed E-state index contributed by atoms with van der Waals surface area (Å²) in [6.07, 6.45) is -4.19. The predicted molar refractivity (Wildman–Crippen MR) is 72.5 cm³/mol. The molecule has 118 valence electrons. The van der Waals surface area contributed by atoms with Crippen molar-refractivity contribution in [2.24, 2.45) is 5.84 Å². The Morgan fingerprint density at radius 2 is 2.10 bits per heavy atom. The Kier molecular flexibility index (Phi) is 5.98. The molecule has 1 aromatic carbocycles. The van der Waals surface area contributed by atoms with E-state index in [0.29, 0.717) is 13.0 Å². The number of nitrogens with zero attached hydrogens (tertiary/aromatic N) is 1. The fourth-order valence-corrected chi connectivity index (χ4v) is 1.86. The molecule has 1 aromatic rings. The van der Waals surface area contributed by atoms with Crippen LogP contribution in [0.5, 0.6) is 0 Å². The lowest BCUT2D eigenvalue weighted by Crippen LogP contribution is -2.33. The predicted octanol–water partition coefficient (Wildman–Crippen LogP) is 1.84. The lowest BCUT2D eigenvalue weighted by molar-refractivity contribution is -0.137. The van der Waals surface area contributed by atoms with Gasteiger partial charge < -0.3 is 15.4 Å². The van der Waals surface area contributed by atoms with Gasteiger partial charge in [0, 0.05) is 19.7 Å². The monoisotopic (exact) mass is 305 g/mol. The van der Waals surface area contributed by atoms with Crippen LogP contribution >= 0.6 is 0 Å². The van der Waals surface area contributed by atoms with Gasteiger partial charge in [-0.1, -0.05) is 0 Å². The minimum absolute atomic E-state index is 0.103. The molecule has 0 aliphatic carbocycles. The molecule has 0 radical (unpaired) electrons. The first kappa shape index (κ1) is 17.3. The highest BCUT2D eigenvalue weighted by Crippen LogP contribution is 2.32. The number of nitrogens with one attached hydrogen (secondary N) is 1. The molecule has 0 atom stereocenters. The van der Waals surface area contributed by atoms with Crippen LogP contribution in [0.4, 0.5) is 18.9 Å². The second-order valence-electron chi connectivity index (χ2n) is 4.36. The van der Waals surface area contributed by atoms with Gasteiger partial charge in [-0.05, 0) is 31.5 Å². The summed E-state index contributed by atoms with van der Waals surface area (Å²) in [7, 11) is 0. The number of anilines is 1. The summed E-state index contributed by atoms with van der Waals surface area (Å²) in [5, 5.41) is 8.80. The quantitative estimate of drug-likeness (QED) is 0.553. The van der Waals surface area contributed by atoms with E-state index in [0.717, 1.165) is 18.2 Å². The average Bonchev–Trinajstić information content (AvgIpc) is 2.46. The van der Waals surface area contributed by atoms with Crippen molar-refractivity contribution >= 4 is 11.6 Å². The highest BCUT2D eigenvalue weighted by Gasteiger charge is 2.32. The highest BCUT2D eigenvalue weighted by molar-refractivity contribution is 5.99. The molecule has 0 spiro atoms. The molecule has 0 unspecified atom stereocenters. The maximum Gasteiger partial charge on any atom is 0.416 e. The van der Waals surface area contributed by atoms with Gasteiger partial charge >= 0.3 is 6.18 Å². The van der Waals surface area contributed by atoms with Crippen LogP contribution < -0.4 is 11.3 Å². The van der Waals surface area contributed by atoms with Crippen molar-refractivity contribution in [3.05, 3.63) is 29.3 Å². The van der Waals surface area contributed by atoms with Gasteiger partial charge in [0.1, 0.15) is 0 Å². The number of hydrazine groups is 1. The minimum Gasteiger partial charge on any atom is -0.396 e. The van der Waals surface area contributed by atoms with Gasteiger partial charge in [0.05, 0.1) is 16.8 Å². The summed E-state index contributed by atoms with van der Waals surface area (Å²) in [6, 6.07) is 2.76. The fourth-order valence-electron chi connectivity index (χ4n) is 1.86. The molecule has 0 heterocycles. The van der Waals surface area contributed by atoms with Crippen LogP contribution in [0.3, 0.4) is 0 Å². The summed E-state index contributed by atoms with van der Waals surface area (Å²) >= 11 is 0. The molecule has 0 fully saturated rings. The fraction of sp³-hybridized carbons (Fsp3) is 0.462. The van der Waals surface area contributed by atoms with Gasteiger partial charge in [-0.3, -0.25) is 10.6 Å². The zero-order valence-corrected chi connectivity index (χ0v) is 11.6. The Morgan fingerprint density at radius 3 is 2.57 bits per heavy atom. The summed E-state index contributed by atoms with van der Waals surface area (Å²) in [4.78, 5) is 13.7. The molecule has 8 heteroatoms. The van der Waals surface area contributed by atoms with Gasteiger partial charge in [-0.15, -0.1) is 0 Å². The number of nitrogen functional groups attached to an aromatic ring is 1. The first-order valence-electron chi connectivity index (χ1n) is 6.43. The largest absolute Gasteiger partial charge is 0.416 e. The standard InChI is InChI=1S/C13H18F3N3O2/c1-2-19(6-3-7-20)12(21)10-8-9(13(14,15)16)4-5-11(10)18-17/h4-5,8,18,20H,2-3,6-7,17H2,1H3. The smallest absolute Gasteiger partial charge is 0.396 e. The van der Waals surface area contributed by atoms with Gasteiger partial charge in [0.25, 0.3) is 5.91 Å². The second kappa shape index (κ2) is 7.28. The molecule has 0 aliphatic heterocycles. The lowest BCUT2D eigenvalue weighted by atomic mass is 10.1. The minimum atomic E-state index is -4.54. The second-order valence-corrected chi connectivity index (χ2v) is 4.36. The van der Waals surface area contributed by atoms with E-state index < -0.39 is 17.6 Å². The topological polar surface area (TPSA) is 78.6 Å². The first-order valence-corrected chi connectivity index (χ1v) is 6.43. The Labute approximate surface area is 120 Å². The lowest BCUT2D eigenvalue weighted by Gasteiger charge is -2.22. The van der Waals surface area contributed by atoms with Gasteiger partial charge in [-0.2, -0.15) is 13.2 Å². The van der Waals surface area contributed by atoms with Crippen LogP contribution in [0.2, 0.25) is 0 Å². The molecule has 1 rings (SSSR count). The normalized spacial score (nSPS) is 11.3. The number of nitrogens with two attached hydrogens (primary N) is 1. The first-order chi connectivity index (χ1) is 9.85. The number of hydrogen-bond acceptors (Lipinski definition) is 4. The number of rotatable bonds is 6. The van der Waals surface area contributed by atoms with Gasteiger partial charge in [0.2, 0.25) is 0 Å². The Morgan fingerprint density at radius 1 is 1.43 bits per heavy atom. The van der Waals surface area contributed by atoms with Crippen molar-refractivity contribution in [2.75, 3.05) is 25.1 Å². The van der Waals surface area contributed by atoms with Crippen LogP contribution in [0.1, 0.15) is 29.3 Å². The molecular weight excluding hydrogens is 287 g/mol. The van der Waals surface area contributed by atoms with E-state index in [1.165, 1.54) is 4.90 Å².